The second-order valence-electron chi connectivity index (χ2n) is 7.91. The first-order valence-corrected chi connectivity index (χ1v) is 12.2. The lowest BCUT2D eigenvalue weighted by atomic mass is 9.85. The van der Waals surface area contributed by atoms with Crippen molar-refractivity contribution in [3.8, 4) is 11.6 Å². The van der Waals surface area contributed by atoms with Crippen LogP contribution in [-0.4, -0.2) is 69.1 Å². The van der Waals surface area contributed by atoms with Crippen LogP contribution in [0.2, 0.25) is 0 Å². The quantitative estimate of drug-likeness (QED) is 0.277. The van der Waals surface area contributed by atoms with Crippen molar-refractivity contribution in [1.29, 1.82) is 0 Å². The first-order chi connectivity index (χ1) is 15.2. The van der Waals surface area contributed by atoms with Gasteiger partial charge in [-0.05, 0) is 44.7 Å². The molecule has 2 aliphatic rings. The van der Waals surface area contributed by atoms with E-state index in [1.165, 1.54) is 0 Å². The number of hydrogen-bond acceptors (Lipinski definition) is 6. The third kappa shape index (κ3) is 6.63. The fraction of sp³-hybridized carbons (Fsp3) is 0.619. The predicted octanol–water partition coefficient (Wildman–Crippen LogP) is 2.87. The highest BCUT2D eigenvalue weighted by Gasteiger charge is 2.30. The zero-order chi connectivity index (χ0) is 21.5. The van der Waals surface area contributed by atoms with E-state index in [2.05, 4.69) is 35.7 Å². The summed E-state index contributed by atoms with van der Waals surface area (Å²) >= 11 is 1.94. The largest absolute Gasteiger partial charge is 0.461 e. The van der Waals surface area contributed by atoms with E-state index >= 15 is 0 Å². The number of aromatic nitrogens is 3. The van der Waals surface area contributed by atoms with Crippen molar-refractivity contribution >= 4 is 47.6 Å². The number of aromatic amines is 1. The van der Waals surface area contributed by atoms with Gasteiger partial charge in [-0.15, -0.1) is 29.1 Å². The van der Waals surface area contributed by atoms with Crippen LogP contribution in [0.3, 0.4) is 0 Å². The highest BCUT2D eigenvalue weighted by Crippen LogP contribution is 2.27. The molecule has 11 heteroatoms. The summed E-state index contributed by atoms with van der Waals surface area (Å²) in [6.07, 6.45) is 5.44. The summed E-state index contributed by atoms with van der Waals surface area (Å²) in [6, 6.07) is 3.96. The lowest BCUT2D eigenvalue weighted by Gasteiger charge is -2.34. The molecule has 0 bridgehead atoms. The van der Waals surface area contributed by atoms with Crippen molar-refractivity contribution in [3.05, 3.63) is 24.2 Å². The summed E-state index contributed by atoms with van der Waals surface area (Å²) < 4.78 is 5.33. The minimum Gasteiger partial charge on any atom is -0.461 e. The molecule has 1 aliphatic carbocycles. The minimum atomic E-state index is 0. The van der Waals surface area contributed by atoms with Crippen molar-refractivity contribution < 1.29 is 9.21 Å². The molecule has 0 aromatic carbocycles. The van der Waals surface area contributed by atoms with Gasteiger partial charge in [0, 0.05) is 43.1 Å². The lowest BCUT2D eigenvalue weighted by molar-refractivity contribution is -0.136. The average molecular weight is 574 g/mol. The summed E-state index contributed by atoms with van der Waals surface area (Å²) in [5.74, 6) is 5.28. The third-order valence-electron chi connectivity index (χ3n) is 5.74. The summed E-state index contributed by atoms with van der Waals surface area (Å²) in [5.41, 5.74) is 0. The number of H-pyrrole nitrogens is 1. The molecule has 3 N–H and O–H groups in total. The van der Waals surface area contributed by atoms with E-state index in [1.54, 1.807) is 6.26 Å². The molecule has 2 aromatic heterocycles. The molecule has 2 aromatic rings. The second-order valence-corrected chi connectivity index (χ2v) is 9.13. The summed E-state index contributed by atoms with van der Waals surface area (Å²) in [5, 5.41) is 13.9. The molecule has 176 valence electrons. The molecule has 0 radical (unpaired) electrons. The van der Waals surface area contributed by atoms with Gasteiger partial charge in [-0.25, -0.2) is 9.98 Å². The Morgan fingerprint density at radius 1 is 1.31 bits per heavy atom. The van der Waals surface area contributed by atoms with Crippen LogP contribution in [0.15, 0.2) is 27.8 Å². The Kier molecular flexibility index (Phi) is 9.69. The smallest absolute Gasteiger partial charge is 0.225 e. The molecule has 3 heterocycles. The van der Waals surface area contributed by atoms with E-state index < -0.39 is 0 Å². The highest BCUT2D eigenvalue weighted by molar-refractivity contribution is 14.0. The lowest BCUT2D eigenvalue weighted by Crippen LogP contribution is -2.47. The van der Waals surface area contributed by atoms with Crippen LogP contribution in [0.25, 0.3) is 11.6 Å². The molecule has 1 amide bonds. The molecule has 32 heavy (non-hydrogen) atoms. The zero-order valence-corrected chi connectivity index (χ0v) is 21.5. The molecule has 1 saturated carbocycles. The van der Waals surface area contributed by atoms with Crippen molar-refractivity contribution in [2.45, 2.75) is 45.2 Å². The second kappa shape index (κ2) is 12.5. The van der Waals surface area contributed by atoms with E-state index in [1.807, 2.05) is 30.8 Å². The number of nitrogens with zero attached hydrogens (tertiary/aromatic N) is 4. The Hall–Kier alpha value is -1.76. The third-order valence-corrected chi connectivity index (χ3v) is 6.69. The number of halogens is 1. The van der Waals surface area contributed by atoms with Crippen LogP contribution in [-0.2, 0) is 11.3 Å². The molecule has 9 nitrogen and oxygen atoms in total. The molecule has 4 rings (SSSR count). The van der Waals surface area contributed by atoms with Gasteiger partial charge in [-0.1, -0.05) is 0 Å². The fourth-order valence-corrected chi connectivity index (χ4v) is 4.98. The van der Waals surface area contributed by atoms with Gasteiger partial charge < -0.3 is 20.0 Å². The van der Waals surface area contributed by atoms with Crippen LogP contribution in [0, 0.1) is 5.92 Å². The number of amides is 1. The van der Waals surface area contributed by atoms with Gasteiger partial charge in [-0.3, -0.25) is 9.89 Å². The van der Waals surface area contributed by atoms with Gasteiger partial charge in [0.25, 0.3) is 0 Å². The topological polar surface area (TPSA) is 111 Å². The number of furan rings is 1. The van der Waals surface area contributed by atoms with Gasteiger partial charge in [0.2, 0.25) is 11.7 Å². The summed E-state index contributed by atoms with van der Waals surface area (Å²) in [7, 11) is 0. The Balaban J connectivity index is 0.00000289. The molecule has 0 unspecified atom stereocenters. The standard InChI is InChI=1S/C21H31N7O2S.HI/c1-2-22-21(23-14-18-25-19(27-26-18)17-4-3-11-30-17)24-16-7-5-15(6-8-16)20(29)28-9-12-31-13-10-28;/h3-4,11,15-16H,2,5-10,12-14H2,1H3,(H2,22,23,24)(H,25,26,27);1H. The number of carbonyl (C=O) groups is 1. The van der Waals surface area contributed by atoms with Crippen molar-refractivity contribution in [2.24, 2.45) is 10.9 Å². The summed E-state index contributed by atoms with van der Waals surface area (Å²) in [4.78, 5) is 23.9. The Morgan fingerprint density at radius 2 is 2.09 bits per heavy atom. The maximum Gasteiger partial charge on any atom is 0.225 e. The Morgan fingerprint density at radius 3 is 2.78 bits per heavy atom. The molecule has 1 saturated heterocycles. The number of aliphatic imine (C=N–C) groups is 1. The summed E-state index contributed by atoms with van der Waals surface area (Å²) in [6.45, 7) is 5.03. The first-order valence-electron chi connectivity index (χ1n) is 11.1. The number of nitrogens with one attached hydrogen (secondary N) is 3. The molecule has 0 spiro atoms. The fourth-order valence-electron chi connectivity index (χ4n) is 4.08. The molecule has 2 fully saturated rings. The first kappa shape index (κ1) is 24.9. The van der Waals surface area contributed by atoms with E-state index in [4.69, 9.17) is 4.42 Å². The van der Waals surface area contributed by atoms with Gasteiger partial charge in [0.15, 0.2) is 11.7 Å². The molecular formula is C21H32IN7O2S. The van der Waals surface area contributed by atoms with E-state index in [-0.39, 0.29) is 29.9 Å². The number of guanidine groups is 1. The van der Waals surface area contributed by atoms with Crippen LogP contribution in [0.1, 0.15) is 38.4 Å². The van der Waals surface area contributed by atoms with Gasteiger partial charge >= 0.3 is 0 Å². The van der Waals surface area contributed by atoms with Gasteiger partial charge in [-0.2, -0.15) is 11.8 Å². The Labute approximate surface area is 210 Å². The van der Waals surface area contributed by atoms with E-state index in [0.29, 0.717) is 35.9 Å². The van der Waals surface area contributed by atoms with Crippen LogP contribution >= 0.6 is 35.7 Å². The molecule has 1 aliphatic heterocycles. The maximum absolute atomic E-state index is 12.8. The van der Waals surface area contributed by atoms with Crippen LogP contribution in [0.5, 0.6) is 0 Å². The number of thioether (sulfide) groups is 1. The highest BCUT2D eigenvalue weighted by atomic mass is 127. The average Bonchev–Trinajstić information content (AvgIpc) is 3.50. The minimum absolute atomic E-state index is 0. The van der Waals surface area contributed by atoms with Gasteiger partial charge in [0.1, 0.15) is 12.4 Å². The van der Waals surface area contributed by atoms with E-state index in [9.17, 15) is 4.79 Å². The monoisotopic (exact) mass is 573 g/mol. The number of carbonyl (C=O) groups excluding carboxylic acids is 1. The zero-order valence-electron chi connectivity index (χ0n) is 18.4. The maximum atomic E-state index is 12.8. The van der Waals surface area contributed by atoms with E-state index in [0.717, 1.165) is 62.8 Å². The van der Waals surface area contributed by atoms with Crippen molar-refractivity contribution in [2.75, 3.05) is 31.1 Å². The van der Waals surface area contributed by atoms with Crippen molar-refractivity contribution in [3.63, 3.8) is 0 Å². The van der Waals surface area contributed by atoms with Gasteiger partial charge in [0.05, 0.1) is 6.26 Å². The predicted molar refractivity (Wildman–Crippen MR) is 137 cm³/mol. The SMILES string of the molecule is CCNC(=NCc1nc(-c2ccco2)n[nH]1)NC1CCC(C(=O)N2CCSCC2)CC1.I. The number of hydrogen-bond donors (Lipinski definition) is 3. The Bertz CT molecular complexity index is 859. The normalized spacial score (nSPS) is 21.7. The molecule has 0 atom stereocenters. The van der Waals surface area contributed by atoms with Crippen LogP contribution < -0.4 is 10.6 Å². The molecular weight excluding hydrogens is 541 g/mol. The number of rotatable bonds is 6. The van der Waals surface area contributed by atoms with Crippen molar-refractivity contribution in [1.82, 2.24) is 30.7 Å². The van der Waals surface area contributed by atoms with Crippen LogP contribution in [0.4, 0.5) is 0 Å².